The number of hydrogen-bond acceptors (Lipinski definition) is 5. The molecule has 1 amide bonds. The highest BCUT2D eigenvalue weighted by molar-refractivity contribution is 7.53. The van der Waals surface area contributed by atoms with Crippen LogP contribution in [0, 0.1) is 5.92 Å². The number of nitrogens with two attached hydrogens (primary N) is 1. The minimum absolute atomic E-state index is 0.000911. The lowest BCUT2D eigenvalue weighted by atomic mass is 10.1. The predicted molar refractivity (Wildman–Crippen MR) is 111 cm³/mol. The number of aliphatic carboxylic acids is 1. The summed E-state index contributed by atoms with van der Waals surface area (Å²) in [5.74, 6) is -2.86. The number of nitrogens with one attached hydrogen (secondary N) is 1. The van der Waals surface area contributed by atoms with E-state index in [1.54, 1.807) is 0 Å². The Labute approximate surface area is 172 Å². The molecule has 8 nitrogen and oxygen atoms in total. The number of unbranched alkanes of at least 4 members (excludes halogenated alkanes) is 1. The van der Waals surface area contributed by atoms with E-state index in [0.29, 0.717) is 25.8 Å². The summed E-state index contributed by atoms with van der Waals surface area (Å²) in [5, 5.41) is 11.9. The van der Waals surface area contributed by atoms with Gasteiger partial charge in [-0.3, -0.25) is 13.9 Å². The molecule has 0 aliphatic rings. The van der Waals surface area contributed by atoms with Gasteiger partial charge in [0.15, 0.2) is 6.10 Å². The molecule has 1 aromatic carbocycles. The smallest absolute Gasteiger partial charge is 0.351 e. The van der Waals surface area contributed by atoms with Crippen molar-refractivity contribution in [2.24, 2.45) is 11.7 Å². The zero-order chi connectivity index (χ0) is 21.9. The highest BCUT2D eigenvalue weighted by atomic mass is 31.2. The maximum atomic E-state index is 12.8. The van der Waals surface area contributed by atoms with Crippen LogP contribution in [-0.4, -0.2) is 40.3 Å². The Morgan fingerprint density at radius 1 is 1.21 bits per heavy atom. The van der Waals surface area contributed by atoms with Crippen molar-refractivity contribution in [3.63, 3.8) is 0 Å². The van der Waals surface area contributed by atoms with Gasteiger partial charge in [0.1, 0.15) is 5.78 Å². The first-order chi connectivity index (χ1) is 13.7. The Kier molecular flexibility index (Phi) is 11.1. The summed E-state index contributed by atoms with van der Waals surface area (Å²) in [6.07, 6.45) is 0.549. The monoisotopic (exact) mass is 428 g/mol. The molecule has 164 valence electrons. The maximum Gasteiger partial charge on any atom is 0.351 e. The molecule has 1 rings (SSSR count). The number of carbonyl (C=O) groups excluding carboxylic acids is 1. The first-order valence-corrected chi connectivity index (χ1v) is 11.6. The molecule has 0 radical (unpaired) electrons. The summed E-state index contributed by atoms with van der Waals surface area (Å²) in [4.78, 5) is 34.2. The standard InChI is InChI=1S/C20H33N2O6P/c1-15(2)14-19(22-18(23)12-11-16-8-4-3-5-9-16)29(26,27)28-17(20(24)25)10-6-7-13-21/h3-5,8-9,15,17,19H,6-7,10-14,21H2,1-2H3,(H,22,23)(H,24,25)(H,26,27)/t17-,19?/m1/s1. The number of hydrogen-bond donors (Lipinski definition) is 4. The summed E-state index contributed by atoms with van der Waals surface area (Å²) in [7, 11) is -4.41. The van der Waals surface area contributed by atoms with E-state index in [1.165, 1.54) is 0 Å². The van der Waals surface area contributed by atoms with E-state index in [0.717, 1.165) is 5.56 Å². The number of aryl methyl sites for hydroxylation is 1. The molecule has 2 unspecified atom stereocenters. The Balaban J connectivity index is 2.77. The molecular formula is C20H33N2O6P. The van der Waals surface area contributed by atoms with Crippen LogP contribution in [0.5, 0.6) is 0 Å². The Bertz CT molecular complexity index is 683. The molecule has 5 N–H and O–H groups in total. The van der Waals surface area contributed by atoms with Crippen molar-refractivity contribution in [1.29, 1.82) is 0 Å². The second-order valence-electron chi connectivity index (χ2n) is 7.48. The molecule has 0 saturated carbocycles. The molecule has 0 aromatic heterocycles. The van der Waals surface area contributed by atoms with Gasteiger partial charge in [-0.1, -0.05) is 44.2 Å². The molecular weight excluding hydrogens is 395 g/mol. The summed E-state index contributed by atoms with van der Waals surface area (Å²) in [6, 6.07) is 9.44. The van der Waals surface area contributed by atoms with Gasteiger partial charge in [0, 0.05) is 6.42 Å². The quantitative estimate of drug-likeness (QED) is 0.264. The zero-order valence-electron chi connectivity index (χ0n) is 17.1. The van der Waals surface area contributed by atoms with Gasteiger partial charge in [0.25, 0.3) is 0 Å². The van der Waals surface area contributed by atoms with Crippen molar-refractivity contribution in [1.82, 2.24) is 5.32 Å². The van der Waals surface area contributed by atoms with Crippen molar-refractivity contribution in [3.05, 3.63) is 35.9 Å². The molecule has 0 saturated heterocycles. The lowest BCUT2D eigenvalue weighted by molar-refractivity contribution is -0.145. The predicted octanol–water partition coefficient (Wildman–Crippen LogP) is 2.89. The molecule has 0 aliphatic carbocycles. The van der Waals surface area contributed by atoms with Crippen molar-refractivity contribution in [2.75, 3.05) is 6.54 Å². The van der Waals surface area contributed by atoms with Gasteiger partial charge in [0.2, 0.25) is 5.91 Å². The molecule has 0 heterocycles. The van der Waals surface area contributed by atoms with E-state index >= 15 is 0 Å². The number of benzene rings is 1. The van der Waals surface area contributed by atoms with E-state index < -0.39 is 25.5 Å². The van der Waals surface area contributed by atoms with Crippen LogP contribution in [0.3, 0.4) is 0 Å². The first-order valence-electron chi connectivity index (χ1n) is 9.92. The van der Waals surface area contributed by atoms with E-state index in [2.05, 4.69) is 5.32 Å². The van der Waals surface area contributed by atoms with Crippen LogP contribution in [0.15, 0.2) is 30.3 Å². The van der Waals surface area contributed by atoms with Crippen LogP contribution in [0.2, 0.25) is 0 Å². The van der Waals surface area contributed by atoms with Crippen molar-refractivity contribution >= 4 is 19.5 Å². The third-order valence-electron chi connectivity index (χ3n) is 4.37. The zero-order valence-corrected chi connectivity index (χ0v) is 18.0. The lowest BCUT2D eigenvalue weighted by Gasteiger charge is -2.27. The summed E-state index contributed by atoms with van der Waals surface area (Å²) in [6.45, 7) is 4.09. The van der Waals surface area contributed by atoms with Crippen molar-refractivity contribution in [3.8, 4) is 0 Å². The molecule has 0 bridgehead atoms. The fraction of sp³-hybridized carbons (Fsp3) is 0.600. The van der Waals surface area contributed by atoms with E-state index in [9.17, 15) is 24.2 Å². The average Bonchev–Trinajstić information content (AvgIpc) is 2.65. The number of carboxylic acids is 1. The topological polar surface area (TPSA) is 139 Å². The second-order valence-corrected chi connectivity index (χ2v) is 9.44. The van der Waals surface area contributed by atoms with E-state index in [1.807, 2.05) is 44.2 Å². The average molecular weight is 428 g/mol. The fourth-order valence-electron chi connectivity index (χ4n) is 2.83. The van der Waals surface area contributed by atoms with Gasteiger partial charge in [-0.25, -0.2) is 4.79 Å². The summed E-state index contributed by atoms with van der Waals surface area (Å²) < 4.78 is 18.0. The van der Waals surface area contributed by atoms with Crippen molar-refractivity contribution in [2.45, 2.75) is 64.3 Å². The normalized spacial score (nSPS) is 15.5. The summed E-state index contributed by atoms with van der Waals surface area (Å²) in [5.41, 5.74) is 6.39. The van der Waals surface area contributed by atoms with Crippen molar-refractivity contribution < 1.29 is 28.7 Å². The Morgan fingerprint density at radius 3 is 2.41 bits per heavy atom. The molecule has 0 aliphatic heterocycles. The fourth-order valence-corrected chi connectivity index (χ4v) is 4.53. The van der Waals surface area contributed by atoms with Crippen LogP contribution in [0.25, 0.3) is 0 Å². The second kappa shape index (κ2) is 12.8. The van der Waals surface area contributed by atoms with Crippen LogP contribution in [0.1, 0.15) is 51.5 Å². The van der Waals surface area contributed by atoms with Gasteiger partial charge >= 0.3 is 13.6 Å². The van der Waals surface area contributed by atoms with Crippen LogP contribution >= 0.6 is 7.60 Å². The van der Waals surface area contributed by atoms with Crippen LogP contribution in [0.4, 0.5) is 0 Å². The van der Waals surface area contributed by atoms with Gasteiger partial charge in [-0.05, 0) is 50.1 Å². The largest absolute Gasteiger partial charge is 0.479 e. The van der Waals surface area contributed by atoms with Gasteiger partial charge in [0.05, 0.1) is 0 Å². The molecule has 0 fully saturated rings. The van der Waals surface area contributed by atoms with E-state index in [4.69, 9.17) is 10.3 Å². The molecule has 9 heteroatoms. The highest BCUT2D eigenvalue weighted by Gasteiger charge is 2.38. The van der Waals surface area contributed by atoms with E-state index in [-0.39, 0.29) is 31.1 Å². The molecule has 3 atom stereocenters. The third kappa shape index (κ3) is 10.0. The summed E-state index contributed by atoms with van der Waals surface area (Å²) >= 11 is 0. The third-order valence-corrected chi connectivity index (χ3v) is 6.06. The number of carboxylic acid groups (broad SMARTS) is 1. The highest BCUT2D eigenvalue weighted by Crippen LogP contribution is 2.50. The SMILES string of the molecule is CC(C)CC(NC(=O)CCc1ccccc1)P(=O)(O)O[C@H](CCCCN)C(=O)O. The van der Waals surface area contributed by atoms with Crippen LogP contribution in [-0.2, 0) is 25.1 Å². The minimum Gasteiger partial charge on any atom is -0.479 e. The number of rotatable bonds is 14. The van der Waals surface area contributed by atoms with Gasteiger partial charge in [-0.15, -0.1) is 0 Å². The number of amides is 1. The first kappa shape index (κ1) is 25.3. The maximum absolute atomic E-state index is 12.8. The molecule has 29 heavy (non-hydrogen) atoms. The molecule has 0 spiro atoms. The number of carbonyl (C=O) groups is 2. The Morgan fingerprint density at radius 2 is 1.86 bits per heavy atom. The van der Waals surface area contributed by atoms with Crippen LogP contribution < -0.4 is 11.1 Å². The molecule has 1 aromatic rings. The Hall–Kier alpha value is -1.73. The lowest BCUT2D eigenvalue weighted by Crippen LogP contribution is -2.38. The van der Waals surface area contributed by atoms with Gasteiger partial charge < -0.3 is 21.1 Å². The van der Waals surface area contributed by atoms with Gasteiger partial charge in [-0.2, -0.15) is 0 Å². The minimum atomic E-state index is -4.41.